The minimum Gasteiger partial charge on any atom is -0.339 e. The monoisotopic (exact) mass is 370 g/mol. The summed E-state index contributed by atoms with van der Waals surface area (Å²) < 4.78 is 0. The number of rotatable bonds is 8. The summed E-state index contributed by atoms with van der Waals surface area (Å²) in [6, 6.07) is 0. The van der Waals surface area contributed by atoms with E-state index in [-0.39, 0.29) is 36.6 Å². The van der Waals surface area contributed by atoms with Gasteiger partial charge in [0.15, 0.2) is 0 Å². The van der Waals surface area contributed by atoms with Gasteiger partial charge in [-0.15, -0.1) is 24.8 Å². The summed E-state index contributed by atoms with van der Waals surface area (Å²) >= 11 is 0. The average molecular weight is 371 g/mol. The summed E-state index contributed by atoms with van der Waals surface area (Å²) in [6.07, 6.45) is 1.46. The lowest BCUT2D eigenvalue weighted by atomic mass is 10.2. The van der Waals surface area contributed by atoms with Gasteiger partial charge in [-0.25, -0.2) is 0 Å². The Morgan fingerprint density at radius 1 is 0.957 bits per heavy atom. The van der Waals surface area contributed by atoms with Gasteiger partial charge < -0.3 is 15.1 Å². The summed E-state index contributed by atoms with van der Waals surface area (Å²) in [4.78, 5) is 30.1. The fourth-order valence-electron chi connectivity index (χ4n) is 2.52. The lowest BCUT2D eigenvalue weighted by Gasteiger charge is -2.35. The molecule has 0 aliphatic carbocycles. The molecule has 0 atom stereocenters. The molecule has 0 spiro atoms. The fourth-order valence-corrected chi connectivity index (χ4v) is 2.52. The first-order valence-electron chi connectivity index (χ1n) is 8.04. The van der Waals surface area contributed by atoms with E-state index >= 15 is 0 Å². The van der Waals surface area contributed by atoms with Crippen molar-refractivity contribution in [2.24, 2.45) is 0 Å². The third kappa shape index (κ3) is 8.74. The van der Waals surface area contributed by atoms with Gasteiger partial charge in [0.1, 0.15) is 0 Å². The first-order valence-corrected chi connectivity index (χ1v) is 8.04. The smallest absolute Gasteiger partial charge is 0.236 e. The predicted molar refractivity (Wildman–Crippen MR) is 98.6 cm³/mol. The van der Waals surface area contributed by atoms with Crippen LogP contribution in [0.25, 0.3) is 0 Å². The van der Waals surface area contributed by atoms with Crippen LogP contribution in [0.2, 0.25) is 0 Å². The van der Waals surface area contributed by atoms with Crippen LogP contribution in [-0.4, -0.2) is 85.9 Å². The summed E-state index contributed by atoms with van der Waals surface area (Å²) in [5.74, 6) is 0.391. The Hall–Kier alpha value is -0.560. The van der Waals surface area contributed by atoms with Gasteiger partial charge in [0.2, 0.25) is 11.8 Å². The van der Waals surface area contributed by atoms with Crippen molar-refractivity contribution in [3.8, 4) is 0 Å². The topological polar surface area (TPSA) is 55.9 Å². The van der Waals surface area contributed by atoms with E-state index in [0.29, 0.717) is 39.1 Å². The molecule has 0 bridgehead atoms. The van der Waals surface area contributed by atoms with E-state index in [1.165, 1.54) is 0 Å². The van der Waals surface area contributed by atoms with E-state index in [2.05, 4.69) is 24.1 Å². The van der Waals surface area contributed by atoms with E-state index < -0.39 is 0 Å². The first-order chi connectivity index (χ1) is 10.1. The zero-order valence-corrected chi connectivity index (χ0v) is 16.2. The second-order valence-electron chi connectivity index (χ2n) is 5.43. The summed E-state index contributed by atoms with van der Waals surface area (Å²) in [5, 5.41) is 3.05. The summed E-state index contributed by atoms with van der Waals surface area (Å²) in [7, 11) is 1.89. The van der Waals surface area contributed by atoms with Crippen molar-refractivity contribution >= 4 is 36.6 Å². The maximum absolute atomic E-state index is 12.2. The molecule has 0 aromatic carbocycles. The number of hydrogen-bond acceptors (Lipinski definition) is 4. The Bertz CT molecular complexity index is 333. The lowest BCUT2D eigenvalue weighted by Crippen LogP contribution is -2.52. The lowest BCUT2D eigenvalue weighted by molar-refractivity contribution is -0.140. The van der Waals surface area contributed by atoms with Gasteiger partial charge in [0.05, 0.1) is 6.54 Å². The van der Waals surface area contributed by atoms with Crippen LogP contribution < -0.4 is 5.32 Å². The van der Waals surface area contributed by atoms with Crippen LogP contribution in [-0.2, 0) is 9.59 Å². The van der Waals surface area contributed by atoms with Crippen molar-refractivity contribution in [1.29, 1.82) is 0 Å². The van der Waals surface area contributed by atoms with Crippen LogP contribution in [0, 0.1) is 0 Å². The second kappa shape index (κ2) is 13.8. The minimum absolute atomic E-state index is 0. The Morgan fingerprint density at radius 3 is 1.87 bits per heavy atom. The maximum Gasteiger partial charge on any atom is 0.236 e. The molecule has 0 radical (unpaired) electrons. The number of halogens is 2. The van der Waals surface area contributed by atoms with E-state index in [0.717, 1.165) is 26.1 Å². The quantitative estimate of drug-likeness (QED) is 0.643. The average Bonchev–Trinajstić information content (AvgIpc) is 2.52. The highest BCUT2D eigenvalue weighted by Gasteiger charge is 2.24. The van der Waals surface area contributed by atoms with Crippen molar-refractivity contribution in [2.75, 3.05) is 59.4 Å². The number of amides is 2. The Balaban J connectivity index is 0. The molecule has 0 aromatic heterocycles. The molecule has 1 heterocycles. The van der Waals surface area contributed by atoms with Gasteiger partial charge in [-0.1, -0.05) is 13.8 Å². The number of likely N-dealkylation sites (N-methyl/N-ethyl adjacent to an activating group) is 1. The maximum atomic E-state index is 12.2. The van der Waals surface area contributed by atoms with E-state index in [1.54, 1.807) is 0 Å². The van der Waals surface area contributed by atoms with Crippen LogP contribution in [0.5, 0.6) is 0 Å². The van der Waals surface area contributed by atoms with Crippen LogP contribution in [0.1, 0.15) is 26.7 Å². The molecule has 8 heteroatoms. The molecule has 1 aliphatic rings. The highest BCUT2D eigenvalue weighted by molar-refractivity contribution is 5.85. The normalized spacial score (nSPS) is 14.3. The molecule has 2 amide bonds. The molecule has 138 valence electrons. The number of piperazine rings is 1. The molecule has 1 N–H and O–H groups in total. The van der Waals surface area contributed by atoms with Gasteiger partial charge >= 0.3 is 0 Å². The molecule has 1 fully saturated rings. The molecule has 1 saturated heterocycles. The molecule has 0 aromatic rings. The van der Waals surface area contributed by atoms with Crippen molar-refractivity contribution in [2.45, 2.75) is 26.7 Å². The number of nitrogens with zero attached hydrogens (tertiary/aromatic N) is 3. The van der Waals surface area contributed by atoms with Crippen LogP contribution in [0.15, 0.2) is 0 Å². The van der Waals surface area contributed by atoms with E-state index in [9.17, 15) is 9.59 Å². The number of carbonyl (C=O) groups excluding carboxylic acids is 2. The number of nitrogens with one attached hydrogen (secondary N) is 1. The van der Waals surface area contributed by atoms with Crippen molar-refractivity contribution in [3.63, 3.8) is 0 Å². The van der Waals surface area contributed by atoms with Gasteiger partial charge in [-0.3, -0.25) is 14.5 Å². The van der Waals surface area contributed by atoms with Crippen LogP contribution in [0.4, 0.5) is 0 Å². The van der Waals surface area contributed by atoms with Crippen LogP contribution in [0.3, 0.4) is 0 Å². The molecule has 1 aliphatic heterocycles. The molecule has 0 unspecified atom stereocenters. The minimum atomic E-state index is 0. The summed E-state index contributed by atoms with van der Waals surface area (Å²) in [6.45, 7) is 9.95. The SMILES string of the molecule is CCN(CC)CC(=O)N1CCN(C(=O)CCCNC)CC1.Cl.Cl. The zero-order chi connectivity index (χ0) is 15.7. The van der Waals surface area contributed by atoms with Gasteiger partial charge in [-0.05, 0) is 33.1 Å². The van der Waals surface area contributed by atoms with Crippen molar-refractivity contribution in [1.82, 2.24) is 20.0 Å². The largest absolute Gasteiger partial charge is 0.339 e. The van der Waals surface area contributed by atoms with Crippen LogP contribution >= 0.6 is 24.8 Å². The Morgan fingerprint density at radius 2 is 1.43 bits per heavy atom. The van der Waals surface area contributed by atoms with Crippen molar-refractivity contribution < 1.29 is 9.59 Å². The van der Waals surface area contributed by atoms with Gasteiger partial charge in [0.25, 0.3) is 0 Å². The van der Waals surface area contributed by atoms with Gasteiger partial charge in [0, 0.05) is 32.6 Å². The van der Waals surface area contributed by atoms with Crippen molar-refractivity contribution in [3.05, 3.63) is 0 Å². The number of carbonyl (C=O) groups is 2. The molecule has 6 nitrogen and oxygen atoms in total. The third-order valence-corrected chi connectivity index (χ3v) is 4.06. The predicted octanol–water partition coefficient (Wildman–Crippen LogP) is 0.842. The fraction of sp³-hybridized carbons (Fsp3) is 0.867. The molecular formula is C15H32Cl2N4O2. The highest BCUT2D eigenvalue weighted by Crippen LogP contribution is 2.06. The van der Waals surface area contributed by atoms with E-state index in [1.807, 2.05) is 16.8 Å². The molecular weight excluding hydrogens is 339 g/mol. The first kappa shape index (κ1) is 24.7. The van der Waals surface area contributed by atoms with E-state index in [4.69, 9.17) is 0 Å². The Labute approximate surface area is 152 Å². The standard InChI is InChI=1S/C15H30N4O2.2ClH/c1-4-17(5-2)13-15(21)19-11-9-18(10-12-19)14(20)7-6-8-16-3;;/h16H,4-13H2,1-3H3;2*1H. The molecule has 0 saturated carbocycles. The Kier molecular flexibility index (Phi) is 14.9. The molecule has 1 rings (SSSR count). The van der Waals surface area contributed by atoms with Gasteiger partial charge in [-0.2, -0.15) is 0 Å². The third-order valence-electron chi connectivity index (χ3n) is 4.06. The molecule has 23 heavy (non-hydrogen) atoms. The second-order valence-corrected chi connectivity index (χ2v) is 5.43. The summed E-state index contributed by atoms with van der Waals surface area (Å²) in [5.41, 5.74) is 0. The zero-order valence-electron chi connectivity index (χ0n) is 14.5. The highest BCUT2D eigenvalue weighted by atomic mass is 35.5. The number of hydrogen-bond donors (Lipinski definition) is 1.